The second-order valence-corrected chi connectivity index (χ2v) is 13.7. The number of aliphatic carboxylic acids is 2. The molecule has 55 heavy (non-hydrogen) atoms. The number of amides is 2. The Morgan fingerprint density at radius 1 is 0.800 bits per heavy atom. The molecule has 4 aromatic rings. The summed E-state index contributed by atoms with van der Waals surface area (Å²) in [4.78, 5) is 46.0. The smallest absolute Gasteiger partial charge is 0.475 e. The monoisotopic (exact) mass is 818 g/mol. The van der Waals surface area contributed by atoms with E-state index in [1.54, 1.807) is 41.4 Å². The normalized spacial score (nSPS) is 14.3. The Morgan fingerprint density at radius 3 is 2.02 bits per heavy atom. The highest BCUT2D eigenvalue weighted by Crippen LogP contribution is 2.30. The second-order valence-electron chi connectivity index (χ2n) is 11.3. The second kappa shape index (κ2) is 17.6. The number of alkyl halides is 6. The molecule has 15 nitrogen and oxygen atoms in total. The van der Waals surface area contributed by atoms with Gasteiger partial charge in [0.25, 0.3) is 0 Å². The van der Waals surface area contributed by atoms with Crippen molar-refractivity contribution in [3.63, 3.8) is 0 Å². The van der Waals surface area contributed by atoms with Gasteiger partial charge in [0, 0.05) is 43.8 Å². The molecule has 2 amide bonds. The number of carboxylic acids is 2. The number of sulfonamides is 1. The molecule has 23 heteroatoms. The Hall–Kier alpha value is -5.74. The molecule has 6 bridgehead atoms. The minimum atomic E-state index is -5.08. The first-order valence-corrected chi connectivity index (χ1v) is 17.4. The molecule has 6 rings (SSSR count). The summed E-state index contributed by atoms with van der Waals surface area (Å²) in [6.45, 7) is 1.01. The van der Waals surface area contributed by atoms with Gasteiger partial charge in [0.05, 0.1) is 23.0 Å². The van der Waals surface area contributed by atoms with E-state index in [1.165, 1.54) is 10.5 Å². The molecule has 0 saturated carbocycles. The van der Waals surface area contributed by atoms with Crippen molar-refractivity contribution in [3.8, 4) is 0 Å². The number of aromatic nitrogens is 3. The molecule has 2 aromatic carbocycles. The number of piperazine rings is 1. The summed E-state index contributed by atoms with van der Waals surface area (Å²) >= 11 is 6.36. The summed E-state index contributed by atoms with van der Waals surface area (Å²) in [7, 11) is -3.60. The van der Waals surface area contributed by atoms with Gasteiger partial charge in [-0.05, 0) is 60.4 Å². The molecule has 4 heterocycles. The van der Waals surface area contributed by atoms with Gasteiger partial charge < -0.3 is 31.1 Å². The predicted octanol–water partition coefficient (Wildman–Crippen LogP) is 5.92. The fourth-order valence-electron chi connectivity index (χ4n) is 4.82. The molecular weight excluding hydrogens is 790 g/mol. The molecule has 1 fully saturated rings. The highest BCUT2D eigenvalue weighted by atomic mass is 35.5. The van der Waals surface area contributed by atoms with Crippen LogP contribution in [0.2, 0.25) is 5.02 Å². The minimum absolute atomic E-state index is 0.222. The maximum Gasteiger partial charge on any atom is 0.490 e. The topological polar surface area (TPSA) is 207 Å². The average Bonchev–Trinajstić information content (AvgIpc) is 3.13. The fourth-order valence-corrected chi connectivity index (χ4v) is 6.40. The predicted molar refractivity (Wildman–Crippen MR) is 185 cm³/mol. The fraction of sp³-hybridized carbons (Fsp3) is 0.250. The van der Waals surface area contributed by atoms with E-state index in [4.69, 9.17) is 31.4 Å². The number of carbonyl (C=O) groups excluding carboxylic acids is 1. The maximum atomic E-state index is 13.3. The maximum absolute atomic E-state index is 13.3. The molecule has 0 atom stereocenters. The van der Waals surface area contributed by atoms with Crippen molar-refractivity contribution >= 4 is 68.4 Å². The van der Waals surface area contributed by atoms with Crippen molar-refractivity contribution in [2.45, 2.75) is 30.1 Å². The van der Waals surface area contributed by atoms with E-state index in [0.29, 0.717) is 35.3 Å². The number of hydrogen-bond donors (Lipinski definition) is 5. The van der Waals surface area contributed by atoms with Gasteiger partial charge in [0.2, 0.25) is 16.0 Å². The van der Waals surface area contributed by atoms with Crippen molar-refractivity contribution in [2.75, 3.05) is 42.1 Å². The van der Waals surface area contributed by atoms with E-state index in [1.807, 2.05) is 30.5 Å². The van der Waals surface area contributed by atoms with Gasteiger partial charge in [-0.25, -0.2) is 27.8 Å². The largest absolute Gasteiger partial charge is 0.490 e. The number of rotatable bonds is 3. The van der Waals surface area contributed by atoms with Crippen LogP contribution in [0.3, 0.4) is 0 Å². The molecule has 0 unspecified atom stereocenters. The lowest BCUT2D eigenvalue weighted by atomic mass is 10.0. The van der Waals surface area contributed by atoms with Crippen LogP contribution in [0.25, 0.3) is 0 Å². The van der Waals surface area contributed by atoms with Gasteiger partial charge in [0.15, 0.2) is 5.82 Å². The minimum Gasteiger partial charge on any atom is -0.475 e. The Kier molecular flexibility index (Phi) is 13.4. The number of carbonyl (C=O) groups is 3. The molecule has 2 aromatic heterocycles. The number of anilines is 5. The van der Waals surface area contributed by atoms with Gasteiger partial charge in [-0.1, -0.05) is 29.8 Å². The highest BCUT2D eigenvalue weighted by molar-refractivity contribution is 7.89. The van der Waals surface area contributed by atoms with Gasteiger partial charge in [-0.3, -0.25) is 4.98 Å². The van der Waals surface area contributed by atoms with E-state index in [0.717, 1.165) is 22.5 Å². The van der Waals surface area contributed by atoms with E-state index in [9.17, 15) is 39.6 Å². The lowest BCUT2D eigenvalue weighted by Crippen LogP contribution is -2.51. The van der Waals surface area contributed by atoms with Crippen molar-refractivity contribution in [1.82, 2.24) is 24.2 Å². The van der Waals surface area contributed by atoms with Gasteiger partial charge in [-0.15, -0.1) is 0 Å². The van der Waals surface area contributed by atoms with Crippen molar-refractivity contribution in [3.05, 3.63) is 89.3 Å². The molecule has 0 spiro atoms. The molecule has 294 valence electrons. The lowest BCUT2D eigenvalue weighted by molar-refractivity contribution is -0.193. The van der Waals surface area contributed by atoms with E-state index >= 15 is 0 Å². The Balaban J connectivity index is 0.000000410. The zero-order chi connectivity index (χ0) is 40.6. The molecule has 0 aliphatic carbocycles. The quantitative estimate of drug-likeness (QED) is 0.153. The standard InChI is InChI=1S/C28H27ClN8O3S.2C2HF3O2/c29-24-18-31-27-33-22-14-19(16-30-17-22)6-7-20-15-21(32-26(24)35-27)8-9-25(20)34-28(38)36-10-12-37(13-11-36)41(39,40)23-4-2-1-3-5-23;2*3-2(4,5)1(6)7/h1-5,8-9,14-18H,6-7,10-13H2,(H,34,38)(H2,31,32,33,35);2*(H,6,7). The summed E-state index contributed by atoms with van der Waals surface area (Å²) in [5.74, 6) is -4.69. The summed E-state index contributed by atoms with van der Waals surface area (Å²) < 4.78 is 90.8. The summed E-state index contributed by atoms with van der Waals surface area (Å²) in [6.07, 6.45) is -3.82. The number of aryl methyl sites for hydroxylation is 2. The van der Waals surface area contributed by atoms with Gasteiger partial charge in [-0.2, -0.15) is 35.6 Å². The van der Waals surface area contributed by atoms with Crippen LogP contribution in [0, 0.1) is 0 Å². The molecule has 5 N–H and O–H groups in total. The van der Waals surface area contributed by atoms with Crippen molar-refractivity contribution < 1.29 is 59.4 Å². The van der Waals surface area contributed by atoms with Crippen LogP contribution in [0.15, 0.2) is 78.1 Å². The first kappa shape index (κ1) is 42.0. The van der Waals surface area contributed by atoms with Crippen LogP contribution in [-0.2, 0) is 32.5 Å². The van der Waals surface area contributed by atoms with E-state index in [-0.39, 0.29) is 37.1 Å². The number of nitrogens with one attached hydrogen (secondary N) is 3. The van der Waals surface area contributed by atoms with Gasteiger partial charge in [0.1, 0.15) is 5.02 Å². The number of urea groups is 1. The SMILES string of the molecule is O=C(Nc1ccc2cc1CCc1cncc(c1)Nc1ncc(Cl)c(n1)N2)N1CCN(S(=O)(=O)c2ccccc2)CC1.O=C(O)C(F)(F)F.O=C(O)C(F)(F)F. The number of halogens is 7. The van der Waals surface area contributed by atoms with E-state index < -0.39 is 34.3 Å². The lowest BCUT2D eigenvalue weighted by Gasteiger charge is -2.34. The van der Waals surface area contributed by atoms with Crippen LogP contribution in [0.5, 0.6) is 0 Å². The van der Waals surface area contributed by atoms with Crippen LogP contribution in [-0.4, -0.2) is 99.3 Å². The number of hydrogen-bond acceptors (Lipinski definition) is 10. The number of carboxylic acid groups (broad SMARTS) is 2. The Bertz CT molecular complexity index is 2100. The zero-order valence-electron chi connectivity index (χ0n) is 27.9. The van der Waals surface area contributed by atoms with Crippen LogP contribution in [0.4, 0.5) is 60.0 Å². The van der Waals surface area contributed by atoms with Crippen molar-refractivity contribution in [1.29, 1.82) is 0 Å². The zero-order valence-corrected chi connectivity index (χ0v) is 29.5. The highest BCUT2D eigenvalue weighted by Gasteiger charge is 2.39. The third-order valence-electron chi connectivity index (χ3n) is 7.48. The number of benzene rings is 2. The summed E-state index contributed by atoms with van der Waals surface area (Å²) in [5, 5.41) is 24.1. The Morgan fingerprint density at radius 2 is 1.42 bits per heavy atom. The number of fused-ring (bicyclic) bond motifs is 6. The summed E-state index contributed by atoms with van der Waals surface area (Å²) in [6, 6.07) is 15.7. The molecule has 2 aliphatic heterocycles. The average molecular weight is 819 g/mol. The van der Waals surface area contributed by atoms with Crippen LogP contribution >= 0.6 is 11.6 Å². The van der Waals surface area contributed by atoms with Crippen LogP contribution in [0.1, 0.15) is 11.1 Å². The first-order chi connectivity index (χ1) is 25.7. The Labute approximate surface area is 313 Å². The first-order valence-electron chi connectivity index (χ1n) is 15.6. The van der Waals surface area contributed by atoms with Crippen LogP contribution < -0.4 is 16.0 Å². The molecule has 2 aliphatic rings. The van der Waals surface area contributed by atoms with Crippen molar-refractivity contribution in [2.24, 2.45) is 0 Å². The third-order valence-corrected chi connectivity index (χ3v) is 9.67. The van der Waals surface area contributed by atoms with E-state index in [2.05, 4.69) is 30.9 Å². The van der Waals surface area contributed by atoms with Gasteiger partial charge >= 0.3 is 30.3 Å². The third kappa shape index (κ3) is 11.9. The molecular formula is C32H29ClF6N8O7S. The number of pyridine rings is 1. The summed E-state index contributed by atoms with van der Waals surface area (Å²) in [5.41, 5.74) is 4.11. The molecule has 1 saturated heterocycles. The number of nitrogens with zero attached hydrogens (tertiary/aromatic N) is 5. The molecule has 0 radical (unpaired) electrons.